The van der Waals surface area contributed by atoms with E-state index in [0.717, 1.165) is 52.1 Å². The van der Waals surface area contributed by atoms with Gasteiger partial charge in [-0.25, -0.2) is 4.98 Å². The first-order chi connectivity index (χ1) is 27.1. The Morgan fingerprint density at radius 3 is 2.59 bits per heavy atom. The SMILES string of the molecule is CCc1nc(-c2cccc3cc(-c4ccc(C(=O)NCC#Cc5cccc(N(C=O)C6CCC(=O)NC6=O)c5N(C)C)nc4)ncc23)c2n1CCN(C(C)=O)C2. The maximum absolute atomic E-state index is 13.0. The monoisotopic (exact) mass is 751 g/mol. The number of nitrogens with zero attached hydrogens (tertiary/aromatic N) is 7. The fourth-order valence-corrected chi connectivity index (χ4v) is 7.32. The minimum absolute atomic E-state index is 0.0327. The van der Waals surface area contributed by atoms with Crippen molar-refractivity contribution in [2.45, 2.75) is 52.2 Å². The number of anilines is 2. The summed E-state index contributed by atoms with van der Waals surface area (Å²) in [5.74, 6) is 5.81. The van der Waals surface area contributed by atoms with Gasteiger partial charge in [0.1, 0.15) is 17.6 Å². The van der Waals surface area contributed by atoms with E-state index in [1.54, 1.807) is 62.4 Å². The van der Waals surface area contributed by atoms with Crippen molar-refractivity contribution in [3.63, 3.8) is 0 Å². The summed E-state index contributed by atoms with van der Waals surface area (Å²) in [6.45, 7) is 5.62. The number of hydrogen-bond donors (Lipinski definition) is 2. The third-order valence-electron chi connectivity index (χ3n) is 10.1. The number of aryl methyl sites for hydroxylation is 1. The van der Waals surface area contributed by atoms with Crippen molar-refractivity contribution in [2.24, 2.45) is 0 Å². The predicted octanol–water partition coefficient (Wildman–Crippen LogP) is 3.70. The highest BCUT2D eigenvalue weighted by Crippen LogP contribution is 2.35. The van der Waals surface area contributed by atoms with Crippen LogP contribution in [0.4, 0.5) is 11.4 Å². The van der Waals surface area contributed by atoms with Crippen molar-refractivity contribution in [2.75, 3.05) is 37.0 Å². The smallest absolute Gasteiger partial charge is 0.270 e. The van der Waals surface area contributed by atoms with Crippen LogP contribution in [0.25, 0.3) is 33.3 Å². The van der Waals surface area contributed by atoms with Gasteiger partial charge in [-0.2, -0.15) is 0 Å². The van der Waals surface area contributed by atoms with Gasteiger partial charge in [0.25, 0.3) is 5.91 Å². The Balaban J connectivity index is 1.05. The topological polar surface area (TPSA) is 163 Å². The first-order valence-corrected chi connectivity index (χ1v) is 18.4. The lowest BCUT2D eigenvalue weighted by molar-refractivity contribution is -0.135. The molecule has 0 saturated carbocycles. The maximum Gasteiger partial charge on any atom is 0.270 e. The molecule has 2 aliphatic heterocycles. The van der Waals surface area contributed by atoms with Gasteiger partial charge in [0.15, 0.2) is 0 Å². The molecular weight excluding hydrogens is 711 g/mol. The first kappa shape index (κ1) is 37.4. The van der Waals surface area contributed by atoms with E-state index >= 15 is 0 Å². The molecule has 14 nitrogen and oxygen atoms in total. The van der Waals surface area contributed by atoms with Crippen LogP contribution in [-0.2, 0) is 38.7 Å². The number of para-hydroxylation sites is 1. The largest absolute Gasteiger partial charge is 0.375 e. The van der Waals surface area contributed by atoms with Crippen LogP contribution in [0.5, 0.6) is 0 Å². The zero-order valence-electron chi connectivity index (χ0n) is 31.6. The van der Waals surface area contributed by atoms with Gasteiger partial charge in [0.2, 0.25) is 24.1 Å². The van der Waals surface area contributed by atoms with Crippen LogP contribution in [0.3, 0.4) is 0 Å². The van der Waals surface area contributed by atoms with Crippen LogP contribution in [0, 0.1) is 11.8 Å². The highest BCUT2D eigenvalue weighted by molar-refractivity contribution is 6.05. The second kappa shape index (κ2) is 15.8. The minimum Gasteiger partial charge on any atom is -0.375 e. The fourth-order valence-electron chi connectivity index (χ4n) is 7.32. The predicted molar refractivity (Wildman–Crippen MR) is 211 cm³/mol. The molecule has 2 N–H and O–H groups in total. The number of hydrogen-bond acceptors (Lipinski definition) is 9. The molecule has 1 saturated heterocycles. The second-order valence-corrected chi connectivity index (χ2v) is 13.8. The molecule has 0 radical (unpaired) electrons. The van der Waals surface area contributed by atoms with Crippen LogP contribution in [0.2, 0.25) is 0 Å². The molecule has 0 bridgehead atoms. The molecule has 0 aliphatic carbocycles. The average molecular weight is 752 g/mol. The number of imidazole rings is 1. The maximum atomic E-state index is 13.0. The lowest BCUT2D eigenvalue weighted by Gasteiger charge is -2.32. The van der Waals surface area contributed by atoms with Gasteiger partial charge in [-0.15, -0.1) is 0 Å². The van der Waals surface area contributed by atoms with Crippen LogP contribution >= 0.6 is 0 Å². The Hall–Kier alpha value is -6.88. The van der Waals surface area contributed by atoms with E-state index in [1.165, 1.54) is 4.90 Å². The van der Waals surface area contributed by atoms with Crippen molar-refractivity contribution in [1.82, 2.24) is 35.1 Å². The molecule has 14 heteroatoms. The molecule has 284 valence electrons. The molecule has 2 aromatic carbocycles. The lowest BCUT2D eigenvalue weighted by Crippen LogP contribution is -2.52. The Bertz CT molecular complexity index is 2440. The Kier molecular flexibility index (Phi) is 10.6. The highest BCUT2D eigenvalue weighted by atomic mass is 16.2. The summed E-state index contributed by atoms with van der Waals surface area (Å²) < 4.78 is 2.24. The third-order valence-corrected chi connectivity index (χ3v) is 10.1. The Morgan fingerprint density at radius 1 is 1.05 bits per heavy atom. The Morgan fingerprint density at radius 2 is 1.88 bits per heavy atom. The number of benzene rings is 2. The molecule has 2 aliphatic rings. The number of rotatable bonds is 9. The van der Waals surface area contributed by atoms with Crippen molar-refractivity contribution in [3.8, 4) is 34.4 Å². The van der Waals surface area contributed by atoms with Crippen molar-refractivity contribution < 1.29 is 24.0 Å². The van der Waals surface area contributed by atoms with E-state index in [4.69, 9.17) is 9.97 Å². The van der Waals surface area contributed by atoms with Gasteiger partial charge in [0, 0.05) is 75.9 Å². The summed E-state index contributed by atoms with van der Waals surface area (Å²) in [7, 11) is 3.61. The molecule has 5 amide bonds. The van der Waals surface area contributed by atoms with Crippen molar-refractivity contribution >= 4 is 52.2 Å². The van der Waals surface area contributed by atoms with Crippen molar-refractivity contribution in [3.05, 3.63) is 89.8 Å². The third kappa shape index (κ3) is 7.31. The molecule has 1 unspecified atom stereocenters. The molecule has 3 aromatic heterocycles. The molecule has 5 heterocycles. The lowest BCUT2D eigenvalue weighted by atomic mass is 10.0. The van der Waals surface area contributed by atoms with Gasteiger partial charge in [0.05, 0.1) is 47.1 Å². The number of pyridine rings is 2. The summed E-state index contributed by atoms with van der Waals surface area (Å²) in [6.07, 6.45) is 5.18. The minimum atomic E-state index is -0.829. The quantitative estimate of drug-likeness (QED) is 0.130. The van der Waals surface area contributed by atoms with Gasteiger partial charge >= 0.3 is 0 Å². The average Bonchev–Trinajstić information content (AvgIpc) is 3.58. The van der Waals surface area contributed by atoms with E-state index in [1.807, 2.05) is 35.4 Å². The molecular formula is C42H41N9O5. The number of carbonyl (C=O) groups is 5. The highest BCUT2D eigenvalue weighted by Gasteiger charge is 2.33. The van der Waals surface area contributed by atoms with Gasteiger partial charge in [-0.1, -0.05) is 43.0 Å². The van der Waals surface area contributed by atoms with Crippen molar-refractivity contribution in [1.29, 1.82) is 0 Å². The number of fused-ring (bicyclic) bond motifs is 2. The van der Waals surface area contributed by atoms with E-state index < -0.39 is 17.9 Å². The van der Waals surface area contributed by atoms with Gasteiger partial charge in [-0.05, 0) is 42.1 Å². The molecule has 1 fully saturated rings. The van der Waals surface area contributed by atoms with Crippen LogP contribution in [-0.4, -0.2) is 87.7 Å². The number of carbonyl (C=O) groups excluding carboxylic acids is 5. The zero-order valence-corrected chi connectivity index (χ0v) is 31.6. The molecule has 5 aromatic rings. The van der Waals surface area contributed by atoms with E-state index in [-0.39, 0.29) is 36.9 Å². The Labute approximate surface area is 323 Å². The van der Waals surface area contributed by atoms with Crippen LogP contribution in [0.15, 0.2) is 67.0 Å². The molecule has 0 spiro atoms. The zero-order chi connectivity index (χ0) is 39.5. The number of amides is 5. The summed E-state index contributed by atoms with van der Waals surface area (Å²) in [4.78, 5) is 80.9. The number of piperidine rings is 1. The second-order valence-electron chi connectivity index (χ2n) is 13.8. The summed E-state index contributed by atoms with van der Waals surface area (Å²) >= 11 is 0. The van der Waals surface area contributed by atoms with E-state index in [2.05, 4.69) is 38.9 Å². The van der Waals surface area contributed by atoms with E-state index in [0.29, 0.717) is 42.1 Å². The molecule has 7 rings (SSSR count). The van der Waals surface area contributed by atoms with Crippen LogP contribution < -0.4 is 20.4 Å². The standard InChI is InChI=1S/C42H41N9O5/c1-5-37-46-39(36-24-49(26(2)53)19-20-50(36)37)30-12-6-10-28-21-33(45-23-31(28)30)29-14-15-32(44-22-29)41(55)43-18-8-11-27-9-7-13-34(40(27)48(3)4)51(25-52)35-16-17-38(54)47-42(35)56/h6-7,9-10,12-15,21-23,25,35H,5,16-20,24H2,1-4H3,(H,43,55)(H,47,54,56). The van der Waals surface area contributed by atoms with Gasteiger partial charge < -0.3 is 24.6 Å². The van der Waals surface area contributed by atoms with Gasteiger partial charge in [-0.3, -0.25) is 39.3 Å². The molecule has 56 heavy (non-hydrogen) atoms. The van der Waals surface area contributed by atoms with E-state index in [9.17, 15) is 24.0 Å². The number of nitrogens with one attached hydrogen (secondary N) is 2. The molecule has 1 atom stereocenters. The summed E-state index contributed by atoms with van der Waals surface area (Å²) in [5.41, 5.74) is 6.22. The fraction of sp³-hybridized carbons (Fsp3) is 0.286. The number of imide groups is 1. The van der Waals surface area contributed by atoms with Crippen LogP contribution in [0.1, 0.15) is 54.3 Å². The summed E-state index contributed by atoms with van der Waals surface area (Å²) in [5, 5.41) is 7.01. The number of aromatic nitrogens is 4. The first-order valence-electron chi connectivity index (χ1n) is 18.4. The normalized spacial score (nSPS) is 15.0. The summed E-state index contributed by atoms with van der Waals surface area (Å²) in [6, 6.07) is 15.9.